The summed E-state index contributed by atoms with van der Waals surface area (Å²) in [6.45, 7) is 0.865. The minimum Gasteiger partial charge on any atom is -0.481 e. The van der Waals surface area contributed by atoms with Gasteiger partial charge in [0.1, 0.15) is 0 Å². The fourth-order valence-electron chi connectivity index (χ4n) is 3.89. The molecule has 0 unspecified atom stereocenters. The molecule has 2 heterocycles. The Balaban J connectivity index is 0.00000320. The Hall–Kier alpha value is -1.81. The quantitative estimate of drug-likeness (QED) is 0.573. The van der Waals surface area contributed by atoms with Crippen molar-refractivity contribution in [1.82, 2.24) is 15.6 Å². The van der Waals surface area contributed by atoms with Gasteiger partial charge in [0.15, 0.2) is 11.6 Å². The molecule has 30 heavy (non-hydrogen) atoms. The molecule has 1 amide bonds. The Bertz CT molecular complexity index is 721. The number of rotatable bonds is 6. The number of methoxy groups -OCH3 is 1. The van der Waals surface area contributed by atoms with E-state index in [0.29, 0.717) is 18.4 Å². The van der Waals surface area contributed by atoms with Gasteiger partial charge in [0.05, 0.1) is 19.1 Å². The van der Waals surface area contributed by atoms with Crippen molar-refractivity contribution in [2.45, 2.75) is 63.3 Å². The largest absolute Gasteiger partial charge is 0.481 e. The molecule has 170 valence electrons. The Kier molecular flexibility index (Phi) is 8.54. The zero-order valence-corrected chi connectivity index (χ0v) is 17.5. The van der Waals surface area contributed by atoms with Crippen LogP contribution in [0.1, 0.15) is 44.1 Å². The average Bonchev–Trinajstić information content (AvgIpc) is 3.22. The Morgan fingerprint density at radius 3 is 2.53 bits per heavy atom. The third-order valence-corrected chi connectivity index (χ3v) is 5.57. The topological polar surface area (TPSA) is 75.3 Å². The number of carbonyl (C=O) groups is 1. The Labute approximate surface area is 178 Å². The summed E-state index contributed by atoms with van der Waals surface area (Å²) in [5, 5.41) is 8.74. The maximum Gasteiger partial charge on any atom is 0.391 e. The zero-order valence-electron chi connectivity index (χ0n) is 16.7. The van der Waals surface area contributed by atoms with E-state index in [2.05, 4.69) is 20.9 Å². The first-order valence-electron chi connectivity index (χ1n) is 9.85. The molecule has 6 nitrogen and oxygen atoms in total. The van der Waals surface area contributed by atoms with E-state index < -0.39 is 17.9 Å². The van der Waals surface area contributed by atoms with Crippen molar-refractivity contribution in [2.75, 3.05) is 19.0 Å². The van der Waals surface area contributed by atoms with Gasteiger partial charge in [-0.1, -0.05) is 0 Å². The molecule has 1 aromatic rings. The van der Waals surface area contributed by atoms with E-state index in [1.807, 2.05) is 0 Å². The smallest absolute Gasteiger partial charge is 0.391 e. The molecule has 0 radical (unpaired) electrons. The van der Waals surface area contributed by atoms with Gasteiger partial charge in [0.2, 0.25) is 11.8 Å². The molecule has 11 heteroatoms. The molecule has 1 saturated heterocycles. The van der Waals surface area contributed by atoms with E-state index in [1.165, 1.54) is 13.2 Å². The molecule has 3 rings (SSSR count). The van der Waals surface area contributed by atoms with E-state index in [-0.39, 0.29) is 61.5 Å². The van der Waals surface area contributed by atoms with Crippen LogP contribution in [0.5, 0.6) is 5.88 Å². The molecular formula is C19H27ClF4N4O2. The fourth-order valence-corrected chi connectivity index (χ4v) is 3.89. The molecule has 2 fully saturated rings. The predicted molar refractivity (Wildman–Crippen MR) is 106 cm³/mol. The molecule has 1 atom stereocenters. The first-order chi connectivity index (χ1) is 13.8. The molecule has 1 aromatic heterocycles. The van der Waals surface area contributed by atoms with Gasteiger partial charge in [-0.15, -0.1) is 12.4 Å². The fraction of sp³-hybridized carbons (Fsp3) is 0.684. The van der Waals surface area contributed by atoms with E-state index in [1.54, 1.807) is 0 Å². The van der Waals surface area contributed by atoms with Gasteiger partial charge in [-0.2, -0.15) is 18.2 Å². The number of amides is 1. The Morgan fingerprint density at radius 1 is 1.27 bits per heavy atom. The molecular weight excluding hydrogens is 428 g/mol. The Morgan fingerprint density at radius 2 is 1.97 bits per heavy atom. The number of halogens is 5. The second kappa shape index (κ2) is 10.5. The highest BCUT2D eigenvalue weighted by molar-refractivity contribution is 5.85. The minimum atomic E-state index is -4.18. The van der Waals surface area contributed by atoms with Gasteiger partial charge in [-0.3, -0.25) is 4.79 Å². The number of hydrogen-bond donors (Lipinski definition) is 3. The van der Waals surface area contributed by atoms with Crippen LogP contribution in [-0.2, 0) is 11.3 Å². The lowest BCUT2D eigenvalue weighted by molar-refractivity contribution is -0.182. The van der Waals surface area contributed by atoms with Crippen molar-refractivity contribution in [1.29, 1.82) is 0 Å². The number of nitrogens with zero attached hydrogens (tertiary/aromatic N) is 1. The second-order valence-electron chi connectivity index (χ2n) is 7.59. The van der Waals surface area contributed by atoms with Crippen molar-refractivity contribution < 1.29 is 27.1 Å². The summed E-state index contributed by atoms with van der Waals surface area (Å²) < 4.78 is 58.1. The summed E-state index contributed by atoms with van der Waals surface area (Å²) in [4.78, 5) is 16.2. The summed E-state index contributed by atoms with van der Waals surface area (Å²) in [5.74, 6) is -1.98. The molecule has 0 aromatic carbocycles. The minimum absolute atomic E-state index is 0. The van der Waals surface area contributed by atoms with Gasteiger partial charge >= 0.3 is 6.18 Å². The van der Waals surface area contributed by atoms with E-state index >= 15 is 0 Å². The molecule has 0 bridgehead atoms. The van der Waals surface area contributed by atoms with Crippen LogP contribution in [0.3, 0.4) is 0 Å². The summed E-state index contributed by atoms with van der Waals surface area (Å²) in [6, 6.07) is 0.712. The van der Waals surface area contributed by atoms with Crippen molar-refractivity contribution in [3.8, 4) is 5.88 Å². The van der Waals surface area contributed by atoms with Crippen LogP contribution < -0.4 is 20.7 Å². The third-order valence-electron chi connectivity index (χ3n) is 5.57. The third kappa shape index (κ3) is 6.10. The number of pyridine rings is 1. The van der Waals surface area contributed by atoms with E-state index in [0.717, 1.165) is 19.4 Å². The number of nitrogens with one attached hydrogen (secondary N) is 3. The van der Waals surface area contributed by atoms with Crippen LogP contribution in [0.15, 0.2) is 6.07 Å². The van der Waals surface area contributed by atoms with Gasteiger partial charge in [-0.25, -0.2) is 4.39 Å². The van der Waals surface area contributed by atoms with Gasteiger partial charge in [0, 0.05) is 18.2 Å². The summed E-state index contributed by atoms with van der Waals surface area (Å²) in [7, 11) is 1.39. The highest BCUT2D eigenvalue weighted by atomic mass is 35.5. The SMILES string of the molecule is COc1nc(NC2CCC(C(F)(F)F)CC2)c(F)cc1CNC(=O)[C@@H]1CCCN1.Cl. The maximum atomic E-state index is 14.5. The first kappa shape index (κ1) is 24.5. The van der Waals surface area contributed by atoms with Gasteiger partial charge in [0.25, 0.3) is 0 Å². The van der Waals surface area contributed by atoms with Crippen molar-refractivity contribution in [2.24, 2.45) is 5.92 Å². The first-order valence-corrected chi connectivity index (χ1v) is 9.85. The lowest BCUT2D eigenvalue weighted by Crippen LogP contribution is -2.40. The molecule has 1 aliphatic heterocycles. The van der Waals surface area contributed by atoms with Crippen LogP contribution >= 0.6 is 12.4 Å². The molecule has 0 spiro atoms. The number of anilines is 1. The lowest BCUT2D eigenvalue weighted by atomic mass is 9.85. The van der Waals surface area contributed by atoms with Crippen LogP contribution in [-0.4, -0.2) is 42.8 Å². The van der Waals surface area contributed by atoms with E-state index in [9.17, 15) is 22.4 Å². The highest BCUT2D eigenvalue weighted by Gasteiger charge is 2.41. The molecule has 1 aliphatic carbocycles. The molecule has 3 N–H and O–H groups in total. The second-order valence-corrected chi connectivity index (χ2v) is 7.59. The molecule has 1 saturated carbocycles. The molecule has 2 aliphatic rings. The number of aromatic nitrogens is 1. The zero-order chi connectivity index (χ0) is 21.0. The summed E-state index contributed by atoms with van der Waals surface area (Å²) in [6.07, 6.45) is -1.88. The number of carbonyl (C=O) groups excluding carboxylic acids is 1. The van der Waals surface area contributed by atoms with Gasteiger partial charge < -0.3 is 20.7 Å². The monoisotopic (exact) mass is 454 g/mol. The van der Waals surface area contributed by atoms with Gasteiger partial charge in [-0.05, 0) is 51.1 Å². The number of alkyl halides is 3. The van der Waals surface area contributed by atoms with Crippen LogP contribution in [0, 0.1) is 11.7 Å². The standard InChI is InChI=1S/C19H26F4N4O2.ClH/c1-29-18-11(10-25-17(28)15-3-2-8-24-15)9-14(20)16(27-18)26-13-6-4-12(5-7-13)19(21,22)23;/h9,12-13,15,24H,2-8,10H2,1H3,(H,25,28)(H,26,27);1H/t12?,13?,15-;/m0./s1. The van der Waals surface area contributed by atoms with Crippen LogP contribution in [0.2, 0.25) is 0 Å². The van der Waals surface area contributed by atoms with Crippen molar-refractivity contribution in [3.05, 3.63) is 17.4 Å². The number of ether oxygens (including phenoxy) is 1. The van der Waals surface area contributed by atoms with Crippen LogP contribution in [0.4, 0.5) is 23.4 Å². The summed E-state index contributed by atoms with van der Waals surface area (Å²) >= 11 is 0. The predicted octanol–water partition coefficient (Wildman–Crippen LogP) is 3.55. The average molecular weight is 455 g/mol. The lowest BCUT2D eigenvalue weighted by Gasteiger charge is -2.30. The van der Waals surface area contributed by atoms with Crippen LogP contribution in [0.25, 0.3) is 0 Å². The highest BCUT2D eigenvalue weighted by Crippen LogP contribution is 2.38. The maximum absolute atomic E-state index is 14.5. The van der Waals surface area contributed by atoms with E-state index in [4.69, 9.17) is 4.74 Å². The summed E-state index contributed by atoms with van der Waals surface area (Å²) in [5.41, 5.74) is 0.391. The van der Waals surface area contributed by atoms with Crippen molar-refractivity contribution in [3.63, 3.8) is 0 Å². The van der Waals surface area contributed by atoms with Crippen molar-refractivity contribution >= 4 is 24.1 Å². The normalized spacial score (nSPS) is 24.1. The number of hydrogen-bond acceptors (Lipinski definition) is 5.